The van der Waals surface area contributed by atoms with Crippen LogP contribution in [0.25, 0.3) is 0 Å². The van der Waals surface area contributed by atoms with Crippen LogP contribution in [-0.2, 0) is 0 Å². The van der Waals surface area contributed by atoms with Crippen LogP contribution in [0.5, 0.6) is 0 Å². The number of nitrogens with one attached hydrogen (secondary N) is 2. The van der Waals surface area contributed by atoms with Crippen molar-refractivity contribution in [3.05, 3.63) is 0 Å². The smallest absolute Gasteiger partial charge is 0.315 e. The number of hydrogen-bond acceptors (Lipinski definition) is 2. The van der Waals surface area contributed by atoms with Crippen molar-refractivity contribution in [2.45, 2.75) is 58.5 Å². The van der Waals surface area contributed by atoms with Crippen LogP contribution in [0.3, 0.4) is 0 Å². The Hall–Kier alpha value is -0.770. The van der Waals surface area contributed by atoms with Gasteiger partial charge in [-0.1, -0.05) is 27.2 Å². The SMILES string of the molecule is CCCC1CC1NC(=O)NC(CO)CC(C)C. The summed E-state index contributed by atoms with van der Waals surface area (Å²) in [5.74, 6) is 1.14. The van der Waals surface area contributed by atoms with Crippen molar-refractivity contribution in [1.82, 2.24) is 10.6 Å². The molecule has 0 bridgehead atoms. The summed E-state index contributed by atoms with van der Waals surface area (Å²) < 4.78 is 0. The summed E-state index contributed by atoms with van der Waals surface area (Å²) in [6.45, 7) is 6.34. The summed E-state index contributed by atoms with van der Waals surface area (Å²) in [6, 6.07) is 0.0972. The maximum absolute atomic E-state index is 11.7. The summed E-state index contributed by atoms with van der Waals surface area (Å²) in [6.07, 6.45) is 4.29. The first kappa shape index (κ1) is 14.3. The van der Waals surface area contributed by atoms with Crippen LogP contribution >= 0.6 is 0 Å². The maximum atomic E-state index is 11.7. The fraction of sp³-hybridized carbons (Fsp3) is 0.923. The maximum Gasteiger partial charge on any atom is 0.315 e. The minimum atomic E-state index is -0.131. The summed E-state index contributed by atoms with van der Waals surface area (Å²) in [4.78, 5) is 11.7. The molecule has 0 aromatic carbocycles. The lowest BCUT2D eigenvalue weighted by Gasteiger charge is -2.18. The fourth-order valence-electron chi connectivity index (χ4n) is 2.26. The molecule has 1 saturated carbocycles. The van der Waals surface area contributed by atoms with E-state index in [-0.39, 0.29) is 18.7 Å². The van der Waals surface area contributed by atoms with Crippen molar-refractivity contribution >= 4 is 6.03 Å². The van der Waals surface area contributed by atoms with Crippen LogP contribution in [0.4, 0.5) is 4.79 Å². The van der Waals surface area contributed by atoms with E-state index in [1.165, 1.54) is 12.8 Å². The normalized spacial score (nSPS) is 24.5. The Morgan fingerprint density at radius 1 is 1.47 bits per heavy atom. The van der Waals surface area contributed by atoms with Crippen LogP contribution in [-0.4, -0.2) is 29.8 Å². The molecule has 1 aliphatic rings. The van der Waals surface area contributed by atoms with Crippen molar-refractivity contribution in [2.75, 3.05) is 6.61 Å². The molecule has 0 spiro atoms. The zero-order chi connectivity index (χ0) is 12.8. The summed E-state index contributed by atoms with van der Waals surface area (Å²) in [5.41, 5.74) is 0. The molecule has 4 heteroatoms. The molecule has 0 aromatic rings. The predicted molar refractivity (Wildman–Crippen MR) is 68.8 cm³/mol. The quantitative estimate of drug-likeness (QED) is 0.638. The number of aliphatic hydroxyl groups is 1. The number of carbonyl (C=O) groups is 1. The lowest BCUT2D eigenvalue weighted by molar-refractivity contribution is 0.206. The van der Waals surface area contributed by atoms with E-state index >= 15 is 0 Å². The highest BCUT2D eigenvalue weighted by molar-refractivity contribution is 5.75. The van der Waals surface area contributed by atoms with E-state index in [0.717, 1.165) is 12.8 Å². The molecule has 2 amide bonds. The monoisotopic (exact) mass is 242 g/mol. The molecular formula is C13H26N2O2. The number of urea groups is 1. The van der Waals surface area contributed by atoms with Gasteiger partial charge < -0.3 is 15.7 Å². The number of hydrogen-bond donors (Lipinski definition) is 3. The van der Waals surface area contributed by atoms with E-state index in [2.05, 4.69) is 31.4 Å². The average molecular weight is 242 g/mol. The molecule has 0 aliphatic heterocycles. The summed E-state index contributed by atoms with van der Waals surface area (Å²) in [5, 5.41) is 15.0. The number of aliphatic hydroxyl groups excluding tert-OH is 1. The third-order valence-corrected chi connectivity index (χ3v) is 3.21. The molecular weight excluding hydrogens is 216 g/mol. The van der Waals surface area contributed by atoms with E-state index in [9.17, 15) is 4.79 Å². The van der Waals surface area contributed by atoms with Crippen LogP contribution < -0.4 is 10.6 Å². The summed E-state index contributed by atoms with van der Waals surface area (Å²) >= 11 is 0. The van der Waals surface area contributed by atoms with Gasteiger partial charge in [0.15, 0.2) is 0 Å². The van der Waals surface area contributed by atoms with Gasteiger partial charge in [0.2, 0.25) is 0 Å². The van der Waals surface area contributed by atoms with Gasteiger partial charge in [-0.3, -0.25) is 0 Å². The topological polar surface area (TPSA) is 61.4 Å². The van der Waals surface area contributed by atoms with Gasteiger partial charge in [-0.15, -0.1) is 0 Å². The lowest BCUT2D eigenvalue weighted by atomic mass is 10.0. The van der Waals surface area contributed by atoms with Gasteiger partial charge in [0.05, 0.1) is 12.6 Å². The second kappa shape index (κ2) is 6.84. The van der Waals surface area contributed by atoms with Crippen LogP contribution in [0, 0.1) is 11.8 Å². The highest BCUT2D eigenvalue weighted by Gasteiger charge is 2.37. The minimum Gasteiger partial charge on any atom is -0.394 e. The van der Waals surface area contributed by atoms with Gasteiger partial charge in [-0.25, -0.2) is 4.79 Å². The van der Waals surface area contributed by atoms with Gasteiger partial charge >= 0.3 is 6.03 Å². The molecule has 1 rings (SSSR count). The molecule has 3 N–H and O–H groups in total. The zero-order valence-electron chi connectivity index (χ0n) is 11.2. The second-order valence-electron chi connectivity index (χ2n) is 5.52. The number of rotatable bonds is 7. The van der Waals surface area contributed by atoms with Crippen molar-refractivity contribution < 1.29 is 9.90 Å². The molecule has 1 fully saturated rings. The lowest BCUT2D eigenvalue weighted by Crippen LogP contribution is -2.45. The van der Waals surface area contributed by atoms with Gasteiger partial charge in [0.25, 0.3) is 0 Å². The predicted octanol–water partition coefficient (Wildman–Crippen LogP) is 1.88. The molecule has 0 aromatic heterocycles. The Labute approximate surface area is 104 Å². The average Bonchev–Trinajstić information content (AvgIpc) is 2.95. The van der Waals surface area contributed by atoms with Gasteiger partial charge in [-0.2, -0.15) is 0 Å². The molecule has 3 unspecified atom stereocenters. The largest absolute Gasteiger partial charge is 0.394 e. The van der Waals surface area contributed by atoms with Crippen LogP contribution in [0.2, 0.25) is 0 Å². The first-order valence-corrected chi connectivity index (χ1v) is 6.74. The van der Waals surface area contributed by atoms with E-state index in [0.29, 0.717) is 17.9 Å². The van der Waals surface area contributed by atoms with Crippen molar-refractivity contribution in [2.24, 2.45) is 11.8 Å². The first-order valence-electron chi connectivity index (χ1n) is 6.74. The van der Waals surface area contributed by atoms with Gasteiger partial charge in [0, 0.05) is 6.04 Å². The minimum absolute atomic E-state index is 0.00859. The highest BCUT2D eigenvalue weighted by atomic mass is 16.3. The molecule has 100 valence electrons. The fourth-order valence-corrected chi connectivity index (χ4v) is 2.26. The van der Waals surface area contributed by atoms with E-state index in [1.807, 2.05) is 0 Å². The van der Waals surface area contributed by atoms with E-state index < -0.39 is 0 Å². The molecule has 4 nitrogen and oxygen atoms in total. The molecule has 0 radical (unpaired) electrons. The molecule has 0 saturated heterocycles. The van der Waals surface area contributed by atoms with Crippen molar-refractivity contribution in [1.29, 1.82) is 0 Å². The Morgan fingerprint density at radius 2 is 2.18 bits per heavy atom. The number of carbonyl (C=O) groups excluding carboxylic acids is 1. The summed E-state index contributed by atoms with van der Waals surface area (Å²) in [7, 11) is 0. The van der Waals surface area contributed by atoms with Crippen LogP contribution in [0.1, 0.15) is 46.5 Å². The molecule has 17 heavy (non-hydrogen) atoms. The van der Waals surface area contributed by atoms with E-state index in [4.69, 9.17) is 5.11 Å². The van der Waals surface area contributed by atoms with E-state index in [1.54, 1.807) is 0 Å². The van der Waals surface area contributed by atoms with Gasteiger partial charge in [0.1, 0.15) is 0 Å². The Bertz CT molecular complexity index is 244. The molecule has 3 atom stereocenters. The Morgan fingerprint density at radius 3 is 2.71 bits per heavy atom. The first-order chi connectivity index (χ1) is 8.06. The third-order valence-electron chi connectivity index (χ3n) is 3.21. The van der Waals surface area contributed by atoms with Gasteiger partial charge in [-0.05, 0) is 31.1 Å². The zero-order valence-corrected chi connectivity index (χ0v) is 11.2. The molecule has 1 aliphatic carbocycles. The highest BCUT2D eigenvalue weighted by Crippen LogP contribution is 2.34. The third kappa shape index (κ3) is 5.39. The van der Waals surface area contributed by atoms with Crippen molar-refractivity contribution in [3.63, 3.8) is 0 Å². The molecule has 0 heterocycles. The van der Waals surface area contributed by atoms with Crippen LogP contribution in [0.15, 0.2) is 0 Å². The Kier molecular flexibility index (Phi) is 5.75. The Balaban J connectivity index is 2.20. The van der Waals surface area contributed by atoms with Crippen molar-refractivity contribution in [3.8, 4) is 0 Å². The second-order valence-corrected chi connectivity index (χ2v) is 5.52. The standard InChI is InChI=1S/C13H26N2O2/c1-4-5-10-7-12(10)15-13(17)14-11(8-16)6-9(2)3/h9-12,16H,4-8H2,1-3H3,(H2,14,15,17). The number of amides is 2.